The van der Waals surface area contributed by atoms with E-state index in [0.29, 0.717) is 19.7 Å². The lowest BCUT2D eigenvalue weighted by molar-refractivity contribution is 0.0223. The Hall–Kier alpha value is -0.160. The van der Waals surface area contributed by atoms with E-state index in [9.17, 15) is 5.11 Å². The van der Waals surface area contributed by atoms with Gasteiger partial charge >= 0.3 is 0 Å². The third kappa shape index (κ3) is 8.18. The van der Waals surface area contributed by atoms with Gasteiger partial charge in [0.25, 0.3) is 0 Å². The molecule has 0 radical (unpaired) electrons. The summed E-state index contributed by atoms with van der Waals surface area (Å²) in [4.78, 5) is 1.98. The number of ether oxygens (including phenoxy) is 1. The molecule has 80 valence electrons. The average molecular weight is 191 g/mol. The molecule has 0 atom stereocenters. The van der Waals surface area contributed by atoms with Crippen LogP contribution in [0.25, 0.3) is 0 Å². The molecule has 13 heavy (non-hydrogen) atoms. The SMILES string of the molecule is COCCN(CCO)CC(C)(C)O. The highest BCUT2D eigenvalue weighted by molar-refractivity contribution is 4.71. The fourth-order valence-electron chi connectivity index (χ4n) is 1.18. The largest absolute Gasteiger partial charge is 0.395 e. The summed E-state index contributed by atoms with van der Waals surface area (Å²) in [5, 5.41) is 18.3. The van der Waals surface area contributed by atoms with E-state index in [0.717, 1.165) is 6.54 Å². The van der Waals surface area contributed by atoms with Gasteiger partial charge < -0.3 is 14.9 Å². The van der Waals surface area contributed by atoms with Crippen LogP contribution in [0.3, 0.4) is 0 Å². The van der Waals surface area contributed by atoms with E-state index >= 15 is 0 Å². The zero-order valence-electron chi connectivity index (χ0n) is 8.79. The van der Waals surface area contributed by atoms with Crippen LogP contribution in [0, 0.1) is 0 Å². The molecule has 0 fully saturated rings. The van der Waals surface area contributed by atoms with Crippen LogP contribution in [0.2, 0.25) is 0 Å². The highest BCUT2D eigenvalue weighted by atomic mass is 16.5. The van der Waals surface area contributed by atoms with E-state index in [1.165, 1.54) is 0 Å². The monoisotopic (exact) mass is 191 g/mol. The summed E-state index contributed by atoms with van der Waals surface area (Å²) >= 11 is 0. The zero-order chi connectivity index (χ0) is 10.3. The Morgan fingerprint density at radius 3 is 2.31 bits per heavy atom. The molecule has 4 heteroatoms. The second-order valence-corrected chi connectivity index (χ2v) is 3.80. The molecule has 0 aromatic heterocycles. The van der Waals surface area contributed by atoms with Gasteiger partial charge in [-0.25, -0.2) is 0 Å². The van der Waals surface area contributed by atoms with E-state index in [1.807, 2.05) is 4.90 Å². The lowest BCUT2D eigenvalue weighted by Gasteiger charge is -2.28. The lowest BCUT2D eigenvalue weighted by Crippen LogP contribution is -2.41. The maximum Gasteiger partial charge on any atom is 0.0718 e. The minimum atomic E-state index is -0.719. The summed E-state index contributed by atoms with van der Waals surface area (Å²) in [5.41, 5.74) is -0.719. The van der Waals surface area contributed by atoms with Crippen molar-refractivity contribution in [3.05, 3.63) is 0 Å². The molecular weight excluding hydrogens is 170 g/mol. The van der Waals surface area contributed by atoms with Crippen molar-refractivity contribution in [2.24, 2.45) is 0 Å². The fraction of sp³-hybridized carbons (Fsp3) is 1.00. The van der Waals surface area contributed by atoms with Crippen LogP contribution in [0.5, 0.6) is 0 Å². The number of methoxy groups -OCH3 is 1. The van der Waals surface area contributed by atoms with Gasteiger partial charge in [0.2, 0.25) is 0 Å². The average Bonchev–Trinajstić information content (AvgIpc) is 1.98. The van der Waals surface area contributed by atoms with Gasteiger partial charge in [-0.2, -0.15) is 0 Å². The smallest absolute Gasteiger partial charge is 0.0718 e. The maximum absolute atomic E-state index is 9.55. The first-order valence-electron chi connectivity index (χ1n) is 4.54. The Kier molecular flexibility index (Phi) is 6.24. The summed E-state index contributed by atoms with van der Waals surface area (Å²) in [6.45, 7) is 6.11. The van der Waals surface area contributed by atoms with Gasteiger partial charge in [0.1, 0.15) is 0 Å². The number of hydrogen-bond acceptors (Lipinski definition) is 4. The van der Waals surface area contributed by atoms with Crippen molar-refractivity contribution in [3.8, 4) is 0 Å². The van der Waals surface area contributed by atoms with Crippen LogP contribution in [0.1, 0.15) is 13.8 Å². The quantitative estimate of drug-likeness (QED) is 0.580. The van der Waals surface area contributed by atoms with Crippen LogP contribution in [0.4, 0.5) is 0 Å². The van der Waals surface area contributed by atoms with Gasteiger partial charge in [0.15, 0.2) is 0 Å². The molecule has 0 heterocycles. The van der Waals surface area contributed by atoms with Gasteiger partial charge in [-0.1, -0.05) is 0 Å². The van der Waals surface area contributed by atoms with Crippen LogP contribution >= 0.6 is 0 Å². The van der Waals surface area contributed by atoms with Crippen molar-refractivity contribution in [2.45, 2.75) is 19.4 Å². The Balaban J connectivity index is 3.79. The Labute approximate surface area is 80.1 Å². The molecule has 0 bridgehead atoms. The second kappa shape index (κ2) is 6.32. The predicted molar refractivity (Wildman–Crippen MR) is 51.7 cm³/mol. The minimum Gasteiger partial charge on any atom is -0.395 e. The molecule has 0 aromatic rings. The standard InChI is InChI=1S/C9H21NO3/c1-9(2,12)8-10(4-6-11)5-7-13-3/h11-12H,4-8H2,1-3H3. The number of aliphatic hydroxyl groups is 2. The van der Waals surface area contributed by atoms with Crippen LogP contribution in [-0.4, -0.2) is 60.7 Å². The minimum absolute atomic E-state index is 0.111. The molecular formula is C9H21NO3. The lowest BCUT2D eigenvalue weighted by atomic mass is 10.1. The third-order valence-electron chi connectivity index (χ3n) is 1.64. The predicted octanol–water partition coefficient (Wildman–Crippen LogP) is -0.302. The normalized spacial score (nSPS) is 12.5. The first-order chi connectivity index (χ1) is 5.99. The molecule has 0 amide bonds. The van der Waals surface area contributed by atoms with Gasteiger partial charge in [-0.15, -0.1) is 0 Å². The fourth-order valence-corrected chi connectivity index (χ4v) is 1.18. The molecule has 2 N–H and O–H groups in total. The highest BCUT2D eigenvalue weighted by Crippen LogP contribution is 2.03. The van der Waals surface area contributed by atoms with Gasteiger partial charge in [0, 0.05) is 26.7 Å². The first-order valence-corrected chi connectivity index (χ1v) is 4.54. The Morgan fingerprint density at radius 1 is 1.31 bits per heavy atom. The Morgan fingerprint density at radius 2 is 1.92 bits per heavy atom. The van der Waals surface area contributed by atoms with Crippen molar-refractivity contribution in [3.63, 3.8) is 0 Å². The van der Waals surface area contributed by atoms with E-state index in [2.05, 4.69) is 0 Å². The van der Waals surface area contributed by atoms with Gasteiger partial charge in [-0.3, -0.25) is 4.90 Å². The summed E-state index contributed by atoms with van der Waals surface area (Å²) in [7, 11) is 1.64. The zero-order valence-corrected chi connectivity index (χ0v) is 8.79. The van der Waals surface area contributed by atoms with E-state index in [-0.39, 0.29) is 6.61 Å². The van der Waals surface area contributed by atoms with E-state index < -0.39 is 5.60 Å². The molecule has 0 aliphatic carbocycles. The molecule has 0 saturated heterocycles. The van der Waals surface area contributed by atoms with E-state index in [4.69, 9.17) is 9.84 Å². The van der Waals surface area contributed by atoms with Crippen molar-refractivity contribution < 1.29 is 14.9 Å². The summed E-state index contributed by atoms with van der Waals surface area (Å²) < 4.78 is 4.93. The molecule has 0 aliphatic rings. The van der Waals surface area contributed by atoms with Gasteiger partial charge in [-0.05, 0) is 13.8 Å². The topological polar surface area (TPSA) is 52.9 Å². The molecule has 4 nitrogen and oxygen atoms in total. The maximum atomic E-state index is 9.55. The third-order valence-corrected chi connectivity index (χ3v) is 1.64. The van der Waals surface area contributed by atoms with Gasteiger partial charge in [0.05, 0.1) is 18.8 Å². The molecule has 0 unspecified atom stereocenters. The molecule has 0 spiro atoms. The number of rotatable bonds is 7. The number of nitrogens with zero attached hydrogens (tertiary/aromatic N) is 1. The molecule has 0 rings (SSSR count). The summed E-state index contributed by atoms with van der Waals surface area (Å²) in [5.74, 6) is 0. The second-order valence-electron chi connectivity index (χ2n) is 3.80. The van der Waals surface area contributed by atoms with Crippen molar-refractivity contribution >= 4 is 0 Å². The van der Waals surface area contributed by atoms with Crippen LogP contribution in [-0.2, 0) is 4.74 Å². The number of aliphatic hydroxyl groups excluding tert-OH is 1. The van der Waals surface area contributed by atoms with Crippen LogP contribution in [0.15, 0.2) is 0 Å². The van der Waals surface area contributed by atoms with E-state index in [1.54, 1.807) is 21.0 Å². The number of hydrogen-bond donors (Lipinski definition) is 2. The molecule has 0 aliphatic heterocycles. The Bertz CT molecular complexity index is 123. The summed E-state index contributed by atoms with van der Waals surface area (Å²) in [6, 6.07) is 0. The highest BCUT2D eigenvalue weighted by Gasteiger charge is 2.17. The van der Waals surface area contributed by atoms with Crippen molar-refractivity contribution in [1.82, 2.24) is 4.90 Å². The summed E-state index contributed by atoms with van der Waals surface area (Å²) in [6.07, 6.45) is 0. The first kappa shape index (κ1) is 12.8. The van der Waals surface area contributed by atoms with Crippen molar-refractivity contribution in [1.29, 1.82) is 0 Å². The molecule has 0 saturated carbocycles. The van der Waals surface area contributed by atoms with Crippen LogP contribution < -0.4 is 0 Å². The van der Waals surface area contributed by atoms with Crippen molar-refractivity contribution in [2.75, 3.05) is 40.0 Å². The molecule has 0 aromatic carbocycles.